The summed E-state index contributed by atoms with van der Waals surface area (Å²) in [7, 11) is -4.53. The van der Waals surface area contributed by atoms with Crippen LogP contribution >= 0.6 is 0 Å². The molecule has 29 heavy (non-hydrogen) atoms. The van der Waals surface area contributed by atoms with Gasteiger partial charge in [0.05, 0.1) is 16.9 Å². The van der Waals surface area contributed by atoms with Gasteiger partial charge >= 0.3 is 29.6 Å². The third kappa shape index (κ3) is 3.61. The molecule has 0 saturated carbocycles. The standard InChI is InChI=1S/C20H13NO6S.Na/c22-15-10-9-14(21-13-7-3-4-8-16(13)28(25,26)27)17-18(15)20(24)12-6-2-1-5-11(12)19(17)23;/h1-10,21-22H,(H,25,26,27);/q;+1/p-1. The van der Waals surface area contributed by atoms with E-state index in [0.717, 1.165) is 6.07 Å². The normalized spacial score (nSPS) is 12.6. The monoisotopic (exact) mass is 417 g/mol. The quantitative estimate of drug-likeness (QED) is 0.341. The number of hydrogen-bond donors (Lipinski definition) is 2. The molecule has 3 aromatic carbocycles. The van der Waals surface area contributed by atoms with Crippen LogP contribution in [0.3, 0.4) is 0 Å². The molecule has 0 radical (unpaired) electrons. The number of ketones is 2. The van der Waals surface area contributed by atoms with Crippen molar-refractivity contribution in [1.82, 2.24) is 0 Å². The second-order valence-electron chi connectivity index (χ2n) is 6.16. The summed E-state index contributed by atoms with van der Waals surface area (Å²) >= 11 is 0. The van der Waals surface area contributed by atoms with Crippen molar-refractivity contribution in [2.75, 3.05) is 5.32 Å². The number of nitrogens with one attached hydrogen (secondary N) is 1. The molecule has 4 rings (SSSR count). The van der Waals surface area contributed by atoms with Crippen molar-refractivity contribution >= 4 is 33.1 Å². The van der Waals surface area contributed by atoms with Gasteiger partial charge in [-0.15, -0.1) is 0 Å². The Labute approximate surface area is 188 Å². The van der Waals surface area contributed by atoms with Gasteiger partial charge in [-0.25, -0.2) is 0 Å². The molecule has 0 heterocycles. The van der Waals surface area contributed by atoms with Gasteiger partial charge in [0.1, 0.15) is 4.90 Å². The van der Waals surface area contributed by atoms with E-state index in [2.05, 4.69) is 5.32 Å². The van der Waals surface area contributed by atoms with Gasteiger partial charge in [0.25, 0.3) is 10.1 Å². The van der Waals surface area contributed by atoms with E-state index in [1.54, 1.807) is 12.1 Å². The Balaban J connectivity index is 0.00000240. The Morgan fingerprint density at radius 3 is 1.93 bits per heavy atom. The van der Waals surface area contributed by atoms with Crippen LogP contribution in [0, 0.1) is 0 Å². The average molecular weight is 417 g/mol. The second kappa shape index (κ2) is 7.74. The second-order valence-corrected chi connectivity index (χ2v) is 7.55. The molecule has 2 N–H and O–H groups in total. The Kier molecular flexibility index (Phi) is 5.66. The van der Waals surface area contributed by atoms with Crippen LogP contribution in [-0.4, -0.2) is 24.5 Å². The van der Waals surface area contributed by atoms with E-state index in [1.807, 2.05) is 0 Å². The van der Waals surface area contributed by atoms with Gasteiger partial charge in [-0.1, -0.05) is 48.2 Å². The fourth-order valence-electron chi connectivity index (χ4n) is 3.24. The summed E-state index contributed by atoms with van der Waals surface area (Å²) in [5.74, 6) is -1.69. The number of carbonyl (C=O) groups is 2. The van der Waals surface area contributed by atoms with Crippen LogP contribution in [-0.2, 0) is 10.1 Å². The molecular weight excluding hydrogens is 405 g/mol. The molecule has 140 valence electrons. The van der Waals surface area contributed by atoms with Crippen molar-refractivity contribution in [2.45, 2.75) is 4.90 Å². The number of benzene rings is 3. The van der Waals surface area contributed by atoms with Crippen molar-refractivity contribution in [1.29, 1.82) is 0 Å². The molecule has 7 nitrogen and oxygen atoms in total. The average Bonchev–Trinajstić information content (AvgIpc) is 2.67. The first-order chi connectivity index (χ1) is 13.3. The zero-order chi connectivity index (χ0) is 20.1. The molecule has 1 aliphatic rings. The summed E-state index contributed by atoms with van der Waals surface area (Å²) in [5, 5.41) is 15.1. The van der Waals surface area contributed by atoms with Crippen LogP contribution in [0.4, 0.5) is 11.4 Å². The maximum Gasteiger partial charge on any atom is 1.00 e. The van der Waals surface area contributed by atoms with Crippen LogP contribution in [0.5, 0.6) is 5.75 Å². The van der Waals surface area contributed by atoms with Crippen molar-refractivity contribution < 1.29 is 57.2 Å². The van der Waals surface area contributed by atoms with Crippen LogP contribution in [0.25, 0.3) is 0 Å². The molecule has 1 aliphatic carbocycles. The van der Waals surface area contributed by atoms with Gasteiger partial charge in [0.15, 0.2) is 11.6 Å². The summed E-state index contributed by atoms with van der Waals surface area (Å²) in [6.45, 7) is 0. The largest absolute Gasteiger partial charge is 1.00 e. The van der Waals surface area contributed by atoms with Gasteiger partial charge in [-0.05, 0) is 18.2 Å². The van der Waals surface area contributed by atoms with E-state index in [4.69, 9.17) is 0 Å². The van der Waals surface area contributed by atoms with Crippen molar-refractivity contribution in [3.8, 4) is 5.75 Å². The number of carbonyl (C=O) groups excluding carboxylic acids is 2. The summed E-state index contributed by atoms with van der Waals surface area (Å²) in [6, 6.07) is 14.2. The Hall–Kier alpha value is -2.49. The summed E-state index contributed by atoms with van der Waals surface area (Å²) in [5.41, 5.74) is 0.0205. The Morgan fingerprint density at radius 2 is 1.31 bits per heavy atom. The first-order valence-electron chi connectivity index (χ1n) is 8.15. The van der Waals surface area contributed by atoms with E-state index in [0.29, 0.717) is 0 Å². The van der Waals surface area contributed by atoms with Crippen LogP contribution in [0.1, 0.15) is 31.8 Å². The minimum atomic E-state index is -4.53. The molecule has 0 fully saturated rings. The fraction of sp³-hybridized carbons (Fsp3) is 0. The van der Waals surface area contributed by atoms with Crippen LogP contribution in [0.15, 0.2) is 65.6 Å². The molecule has 0 bridgehead atoms. The molecule has 0 saturated heterocycles. The van der Waals surface area contributed by atoms with Gasteiger partial charge in [0, 0.05) is 16.7 Å². The molecule has 0 atom stereocenters. The van der Waals surface area contributed by atoms with E-state index in [9.17, 15) is 27.7 Å². The van der Waals surface area contributed by atoms with E-state index >= 15 is 0 Å². The van der Waals surface area contributed by atoms with Gasteiger partial charge in [-0.3, -0.25) is 14.1 Å². The number of fused-ring (bicyclic) bond motifs is 2. The predicted molar refractivity (Wildman–Crippen MR) is 98.7 cm³/mol. The molecule has 0 spiro atoms. The van der Waals surface area contributed by atoms with Crippen molar-refractivity contribution in [3.63, 3.8) is 0 Å². The van der Waals surface area contributed by atoms with E-state index in [1.165, 1.54) is 42.5 Å². The molecule has 9 heteroatoms. The van der Waals surface area contributed by atoms with Crippen molar-refractivity contribution in [3.05, 3.63) is 82.9 Å². The molecule has 0 aromatic heterocycles. The Bertz CT molecular complexity index is 1270. The molecular formula is C20H12NNaO6S. The third-order valence-corrected chi connectivity index (χ3v) is 5.38. The van der Waals surface area contributed by atoms with E-state index in [-0.39, 0.29) is 63.2 Å². The maximum atomic E-state index is 13.0. The van der Waals surface area contributed by atoms with E-state index < -0.39 is 32.3 Å². The zero-order valence-corrected chi connectivity index (χ0v) is 18.0. The van der Waals surface area contributed by atoms with Gasteiger partial charge in [0.2, 0.25) is 0 Å². The summed E-state index contributed by atoms with van der Waals surface area (Å²) in [6.07, 6.45) is 0. The minimum Gasteiger partial charge on any atom is -0.872 e. The molecule has 3 aromatic rings. The summed E-state index contributed by atoms with van der Waals surface area (Å²) < 4.78 is 32.6. The fourth-order valence-corrected chi connectivity index (χ4v) is 3.88. The van der Waals surface area contributed by atoms with Gasteiger partial charge in [-0.2, -0.15) is 8.42 Å². The summed E-state index contributed by atoms with van der Waals surface area (Å²) in [4.78, 5) is 25.4. The van der Waals surface area contributed by atoms with Gasteiger partial charge < -0.3 is 10.4 Å². The number of rotatable bonds is 3. The molecule has 0 unspecified atom stereocenters. The van der Waals surface area contributed by atoms with Crippen molar-refractivity contribution in [2.24, 2.45) is 0 Å². The number of hydrogen-bond acceptors (Lipinski definition) is 6. The zero-order valence-electron chi connectivity index (χ0n) is 15.2. The first kappa shape index (κ1) is 21.2. The maximum absolute atomic E-state index is 13.0. The minimum absolute atomic E-state index is 0. The number of para-hydroxylation sites is 1. The number of anilines is 2. The van der Waals surface area contributed by atoms with Crippen LogP contribution in [0.2, 0.25) is 0 Å². The first-order valence-corrected chi connectivity index (χ1v) is 9.59. The predicted octanol–water partition coefficient (Wildman–Crippen LogP) is -0.470. The third-order valence-electron chi connectivity index (χ3n) is 4.47. The van der Waals surface area contributed by atoms with Crippen LogP contribution < -0.4 is 40.0 Å². The smallest absolute Gasteiger partial charge is 0.872 e. The molecule has 0 amide bonds. The molecule has 0 aliphatic heterocycles. The topological polar surface area (TPSA) is 124 Å². The SMILES string of the molecule is O=C1c2ccccc2C(=O)c2c(Nc3ccccc3S(=O)(=O)O)ccc([O-])c21.[Na+]. The Morgan fingerprint density at radius 1 is 0.759 bits per heavy atom.